The average molecular weight is 328 g/mol. The van der Waals surface area contributed by atoms with Crippen molar-refractivity contribution in [1.82, 2.24) is 4.98 Å². The number of rotatable bonds is 2. The van der Waals surface area contributed by atoms with Gasteiger partial charge in [-0.15, -0.1) is 0 Å². The van der Waals surface area contributed by atoms with Crippen molar-refractivity contribution < 1.29 is 17.9 Å². The van der Waals surface area contributed by atoms with Crippen molar-refractivity contribution in [2.24, 2.45) is 5.92 Å². The summed E-state index contributed by atoms with van der Waals surface area (Å²) < 4.78 is 1.49. The van der Waals surface area contributed by atoms with Crippen molar-refractivity contribution in [2.45, 2.75) is 24.7 Å². The van der Waals surface area contributed by atoms with Gasteiger partial charge in [-0.1, -0.05) is 0 Å². The second-order valence-corrected chi connectivity index (χ2v) is 7.05. The van der Waals surface area contributed by atoms with Crippen LogP contribution in [0, 0.1) is 5.92 Å². The van der Waals surface area contributed by atoms with E-state index in [4.69, 9.17) is 0 Å². The van der Waals surface area contributed by atoms with Crippen LogP contribution < -0.4 is 0 Å². The third kappa shape index (κ3) is 1.30. The Morgan fingerprint density at radius 3 is 2.94 bits per heavy atom. The molecule has 0 aromatic carbocycles. The number of aromatic nitrogens is 1. The van der Waals surface area contributed by atoms with E-state index in [2.05, 4.69) is 52.6 Å². The molecular formula is C14H13NRuS+. The van der Waals surface area contributed by atoms with E-state index in [1.807, 2.05) is 11.3 Å². The van der Waals surface area contributed by atoms with Gasteiger partial charge in [-0.3, -0.25) is 0 Å². The van der Waals surface area contributed by atoms with E-state index in [0.717, 1.165) is 5.92 Å². The summed E-state index contributed by atoms with van der Waals surface area (Å²) in [5.74, 6) is 0.846. The molecular weight excluding hydrogens is 315 g/mol. The molecule has 87 valence electrons. The molecule has 1 unspecified atom stereocenters. The van der Waals surface area contributed by atoms with Gasteiger partial charge in [0.05, 0.1) is 0 Å². The first kappa shape index (κ1) is 10.4. The average Bonchev–Trinajstić information content (AvgIpc) is 2.83. The predicted octanol–water partition coefficient (Wildman–Crippen LogP) is 3.24. The van der Waals surface area contributed by atoms with E-state index >= 15 is 0 Å². The predicted molar refractivity (Wildman–Crippen MR) is 67.3 cm³/mol. The van der Waals surface area contributed by atoms with Crippen molar-refractivity contribution >= 4 is 15.4 Å². The molecule has 2 aromatic rings. The molecule has 1 fully saturated rings. The standard InChI is InChI=1S/C14H13NS.Ru/c1-2-12(16-9-1)14(11-3-4-11)7-5-10-6-8-15-13(10)14;/h1-2,6,8-9,11,15H,3-4,7H2;/q;+1. The van der Waals surface area contributed by atoms with Crippen molar-refractivity contribution in [3.63, 3.8) is 0 Å². The van der Waals surface area contributed by atoms with Gasteiger partial charge in [-0.25, -0.2) is 0 Å². The molecule has 2 aliphatic rings. The zero-order valence-electron chi connectivity index (χ0n) is 9.35. The molecule has 3 heteroatoms. The molecule has 2 aromatic heterocycles. The van der Waals surface area contributed by atoms with Gasteiger partial charge < -0.3 is 0 Å². The Morgan fingerprint density at radius 1 is 1.35 bits per heavy atom. The van der Waals surface area contributed by atoms with Crippen LogP contribution in [0.3, 0.4) is 0 Å². The first-order valence-electron chi connectivity index (χ1n) is 6.04. The Bertz CT molecular complexity index is 579. The third-order valence-electron chi connectivity index (χ3n) is 4.14. The number of aromatic amines is 1. The van der Waals surface area contributed by atoms with Crippen LogP contribution in [-0.4, -0.2) is 9.09 Å². The van der Waals surface area contributed by atoms with Crippen LogP contribution in [0.15, 0.2) is 29.8 Å². The summed E-state index contributed by atoms with van der Waals surface area (Å²) in [5, 5.41) is 2.21. The van der Waals surface area contributed by atoms with Gasteiger partial charge >= 0.3 is 115 Å². The SMILES string of the molecule is [Ru+]=[C]1CC(c2cccs2)(C2CC2)c2[nH]ccc21. The van der Waals surface area contributed by atoms with Crippen LogP contribution >= 0.6 is 11.3 Å². The Hall–Kier alpha value is -0.527. The van der Waals surface area contributed by atoms with E-state index in [1.54, 1.807) is 4.88 Å². The van der Waals surface area contributed by atoms with Crippen LogP contribution in [-0.2, 0) is 23.3 Å². The Balaban J connectivity index is 1.98. The number of fused-ring (bicyclic) bond motifs is 1. The molecule has 0 spiro atoms. The number of hydrogen-bond donors (Lipinski definition) is 1. The monoisotopic (exact) mass is 329 g/mol. The number of nitrogens with one attached hydrogen (secondary N) is 1. The van der Waals surface area contributed by atoms with E-state index in [9.17, 15) is 0 Å². The van der Waals surface area contributed by atoms with E-state index < -0.39 is 0 Å². The van der Waals surface area contributed by atoms with Gasteiger partial charge in [0.15, 0.2) is 0 Å². The topological polar surface area (TPSA) is 15.8 Å². The van der Waals surface area contributed by atoms with Gasteiger partial charge in [-0.05, 0) is 0 Å². The fourth-order valence-electron chi connectivity index (χ4n) is 3.25. The molecule has 0 radical (unpaired) electrons. The summed E-state index contributed by atoms with van der Waals surface area (Å²) in [7, 11) is 0. The molecule has 0 bridgehead atoms. The maximum absolute atomic E-state index is 3.52. The van der Waals surface area contributed by atoms with Crippen LogP contribution in [0.4, 0.5) is 0 Å². The number of thiophene rings is 1. The second kappa shape index (κ2) is 3.49. The molecule has 4 rings (SSSR count). The van der Waals surface area contributed by atoms with E-state index in [0.29, 0.717) is 0 Å². The summed E-state index contributed by atoms with van der Waals surface area (Å²) in [5.41, 5.74) is 3.19. The fraction of sp³-hybridized carbons (Fsp3) is 0.357. The molecule has 2 aliphatic carbocycles. The zero-order chi connectivity index (χ0) is 11.5. The molecule has 0 amide bonds. The summed E-state index contributed by atoms with van der Waals surface area (Å²) >= 11 is 4.76. The van der Waals surface area contributed by atoms with Crippen molar-refractivity contribution in [3.05, 3.63) is 45.9 Å². The van der Waals surface area contributed by atoms with Gasteiger partial charge in [0.1, 0.15) is 0 Å². The van der Waals surface area contributed by atoms with Gasteiger partial charge in [0, 0.05) is 0 Å². The Kier molecular flexibility index (Phi) is 2.14. The van der Waals surface area contributed by atoms with E-state index in [-0.39, 0.29) is 5.41 Å². The molecule has 1 nitrogen and oxygen atoms in total. The Labute approximate surface area is 114 Å². The van der Waals surface area contributed by atoms with Crippen LogP contribution in [0.1, 0.15) is 35.4 Å². The van der Waals surface area contributed by atoms with Crippen molar-refractivity contribution in [2.75, 3.05) is 0 Å². The summed E-state index contributed by atoms with van der Waals surface area (Å²) in [6, 6.07) is 6.74. The first-order chi connectivity index (χ1) is 8.32. The maximum atomic E-state index is 3.52. The fourth-order valence-corrected chi connectivity index (χ4v) is 5.11. The molecule has 1 saturated carbocycles. The zero-order valence-corrected chi connectivity index (χ0v) is 11.9. The summed E-state index contributed by atoms with van der Waals surface area (Å²) in [6.45, 7) is 0. The molecule has 2 heterocycles. The molecule has 17 heavy (non-hydrogen) atoms. The summed E-state index contributed by atoms with van der Waals surface area (Å²) in [4.78, 5) is 5.07. The summed E-state index contributed by atoms with van der Waals surface area (Å²) in [6.07, 6.45) is 6.06. The molecule has 0 aliphatic heterocycles. The van der Waals surface area contributed by atoms with Crippen molar-refractivity contribution in [1.29, 1.82) is 0 Å². The van der Waals surface area contributed by atoms with E-state index in [1.165, 1.54) is 34.6 Å². The van der Waals surface area contributed by atoms with Crippen LogP contribution in [0.2, 0.25) is 0 Å². The second-order valence-electron chi connectivity index (χ2n) is 5.06. The van der Waals surface area contributed by atoms with Crippen LogP contribution in [0.5, 0.6) is 0 Å². The first-order valence-corrected chi connectivity index (χ1v) is 7.79. The minimum absolute atomic E-state index is 0.271. The quantitative estimate of drug-likeness (QED) is 0.815. The molecule has 1 N–H and O–H groups in total. The molecule has 1 atom stereocenters. The normalized spacial score (nSPS) is 27.4. The number of H-pyrrole nitrogens is 1. The van der Waals surface area contributed by atoms with Crippen LogP contribution in [0.25, 0.3) is 0 Å². The minimum atomic E-state index is 0.271. The van der Waals surface area contributed by atoms with Crippen molar-refractivity contribution in [3.8, 4) is 0 Å². The number of hydrogen-bond acceptors (Lipinski definition) is 1. The van der Waals surface area contributed by atoms with Gasteiger partial charge in [0.2, 0.25) is 0 Å². The van der Waals surface area contributed by atoms with Gasteiger partial charge in [0.25, 0.3) is 0 Å². The van der Waals surface area contributed by atoms with Gasteiger partial charge in [-0.2, -0.15) is 0 Å². The molecule has 0 saturated heterocycles. The Morgan fingerprint density at radius 2 is 2.24 bits per heavy atom. The third-order valence-corrected chi connectivity index (χ3v) is 5.97.